The second-order valence-corrected chi connectivity index (χ2v) is 15.3. The molecule has 226 valence electrons. The summed E-state index contributed by atoms with van der Waals surface area (Å²) in [6.45, 7) is 24.2. The van der Waals surface area contributed by atoms with Crippen molar-refractivity contribution in [3.63, 3.8) is 0 Å². The predicted molar refractivity (Wildman–Crippen MR) is 173 cm³/mol. The largest absolute Gasteiger partial charge is 0.488 e. The smallest absolute Gasteiger partial charge is 0.344 e. The Labute approximate surface area is 248 Å². The summed E-state index contributed by atoms with van der Waals surface area (Å²) >= 11 is 0. The Morgan fingerprint density at radius 1 is 0.805 bits per heavy atom. The van der Waals surface area contributed by atoms with Gasteiger partial charge in [0.25, 0.3) is 0 Å². The van der Waals surface area contributed by atoms with Crippen molar-refractivity contribution in [2.75, 3.05) is 0 Å². The molecule has 4 heteroatoms. The molecule has 1 unspecified atom stereocenters. The molecular formula is C37H54O4. The lowest BCUT2D eigenvalue weighted by atomic mass is 9.78. The Morgan fingerprint density at radius 3 is 2.05 bits per heavy atom. The van der Waals surface area contributed by atoms with Gasteiger partial charge in [-0.3, -0.25) is 0 Å². The van der Waals surface area contributed by atoms with Crippen LogP contribution in [0.1, 0.15) is 114 Å². The van der Waals surface area contributed by atoms with Crippen molar-refractivity contribution in [3.8, 4) is 16.9 Å². The first-order valence-corrected chi connectivity index (χ1v) is 15.4. The summed E-state index contributed by atoms with van der Waals surface area (Å²) in [7, 11) is 0. The Morgan fingerprint density at radius 2 is 1.46 bits per heavy atom. The maximum absolute atomic E-state index is 13.0. The summed E-state index contributed by atoms with van der Waals surface area (Å²) in [5, 5.41) is 0.871. The minimum absolute atomic E-state index is 0.0287. The number of ether oxygens (including phenoxy) is 2. The van der Waals surface area contributed by atoms with Gasteiger partial charge in [-0.25, -0.2) is 4.79 Å². The second kappa shape index (κ2) is 12.7. The maximum Gasteiger partial charge on any atom is 0.344 e. The number of rotatable bonds is 12. The summed E-state index contributed by atoms with van der Waals surface area (Å²) in [5.74, 6) is 0.674. The molecule has 0 N–H and O–H groups in total. The third-order valence-electron chi connectivity index (χ3n) is 7.51. The van der Waals surface area contributed by atoms with Gasteiger partial charge < -0.3 is 13.9 Å². The molecule has 3 aromatic rings. The van der Waals surface area contributed by atoms with Gasteiger partial charge in [0, 0.05) is 17.9 Å². The molecule has 1 aromatic heterocycles. The second-order valence-electron chi connectivity index (χ2n) is 15.3. The van der Waals surface area contributed by atoms with E-state index in [9.17, 15) is 4.79 Å². The highest BCUT2D eigenvalue weighted by molar-refractivity contribution is 5.82. The monoisotopic (exact) mass is 562 g/mol. The zero-order chi connectivity index (χ0) is 30.6. The van der Waals surface area contributed by atoms with Crippen LogP contribution in [0.5, 0.6) is 5.75 Å². The van der Waals surface area contributed by atoms with Crippen LogP contribution in [0.4, 0.5) is 0 Å². The predicted octanol–water partition coefficient (Wildman–Crippen LogP) is 10.4. The fraction of sp³-hybridized carbons (Fsp3) is 0.595. The highest BCUT2D eigenvalue weighted by atomic mass is 16.5. The van der Waals surface area contributed by atoms with E-state index in [1.165, 1.54) is 24.8 Å². The van der Waals surface area contributed by atoms with Crippen LogP contribution in [-0.2, 0) is 11.2 Å². The molecule has 0 aliphatic carbocycles. The molecule has 4 nitrogen and oxygen atoms in total. The molecule has 0 saturated heterocycles. The standard InChI is InChI=1S/C37H54O4/c1-12-13-14-15-26-16-18-27(19-17-26)30-22-28-20-21-29(23-31(28)39-33(30)38)40-36(8,9)25-37(10,11)41-32(35(5,6)7)24-34(2,3)4/h16-23,32H,12-15,24-25H2,1-11H3. The van der Waals surface area contributed by atoms with E-state index in [0.717, 1.165) is 23.8 Å². The van der Waals surface area contributed by atoms with Gasteiger partial charge >= 0.3 is 5.63 Å². The van der Waals surface area contributed by atoms with Crippen molar-refractivity contribution in [1.29, 1.82) is 0 Å². The SMILES string of the molecule is CCCCCc1ccc(-c2cc3ccc(OC(C)(C)CC(C)(C)OC(CC(C)(C)C)C(C)(C)C)cc3oc2=O)cc1. The zero-order valence-corrected chi connectivity index (χ0v) is 27.6. The lowest BCUT2D eigenvalue weighted by molar-refractivity contribution is -0.146. The fourth-order valence-electron chi connectivity index (χ4n) is 5.67. The number of fused-ring (bicyclic) bond motifs is 1. The van der Waals surface area contributed by atoms with Crippen LogP contribution < -0.4 is 10.4 Å². The molecule has 0 radical (unpaired) electrons. The summed E-state index contributed by atoms with van der Waals surface area (Å²) < 4.78 is 19.1. The van der Waals surface area contributed by atoms with Gasteiger partial charge in [-0.2, -0.15) is 0 Å². The molecule has 0 amide bonds. The number of hydrogen-bond donors (Lipinski definition) is 0. The van der Waals surface area contributed by atoms with E-state index >= 15 is 0 Å². The third-order valence-corrected chi connectivity index (χ3v) is 7.51. The third kappa shape index (κ3) is 10.0. The van der Waals surface area contributed by atoms with Crippen molar-refractivity contribution < 1.29 is 13.9 Å². The summed E-state index contributed by atoms with van der Waals surface area (Å²) in [4.78, 5) is 13.0. The molecule has 2 aromatic carbocycles. The van der Waals surface area contributed by atoms with Crippen LogP contribution in [0, 0.1) is 10.8 Å². The lowest BCUT2D eigenvalue weighted by Gasteiger charge is -2.43. The van der Waals surface area contributed by atoms with E-state index in [-0.39, 0.29) is 22.6 Å². The van der Waals surface area contributed by atoms with Crippen LogP contribution in [0.25, 0.3) is 22.1 Å². The first kappa shape index (κ1) is 32.9. The highest BCUT2D eigenvalue weighted by Gasteiger charge is 2.38. The molecule has 1 heterocycles. The summed E-state index contributed by atoms with van der Waals surface area (Å²) in [6.07, 6.45) is 6.50. The minimum atomic E-state index is -0.500. The fourth-order valence-corrected chi connectivity index (χ4v) is 5.67. The van der Waals surface area contributed by atoms with E-state index in [2.05, 4.69) is 88.3 Å². The Kier molecular flexibility index (Phi) is 10.2. The van der Waals surface area contributed by atoms with E-state index in [4.69, 9.17) is 13.9 Å². The van der Waals surface area contributed by atoms with Gasteiger partial charge in [-0.1, -0.05) is 85.6 Å². The van der Waals surface area contributed by atoms with Gasteiger partial charge in [0.05, 0.1) is 17.3 Å². The lowest BCUT2D eigenvalue weighted by Crippen LogP contribution is -2.45. The average Bonchev–Trinajstić information content (AvgIpc) is 2.81. The van der Waals surface area contributed by atoms with Gasteiger partial charge in [0.1, 0.15) is 16.9 Å². The molecule has 0 bridgehead atoms. The molecule has 0 saturated carbocycles. The van der Waals surface area contributed by atoms with Crippen molar-refractivity contribution in [2.45, 2.75) is 132 Å². The quantitative estimate of drug-likeness (QED) is 0.163. The van der Waals surface area contributed by atoms with E-state index in [0.29, 0.717) is 23.3 Å². The summed E-state index contributed by atoms with van der Waals surface area (Å²) in [5.41, 5.74) is 2.25. The van der Waals surface area contributed by atoms with Crippen molar-refractivity contribution >= 4 is 11.0 Å². The molecule has 0 aliphatic heterocycles. The van der Waals surface area contributed by atoms with Gasteiger partial charge in [0.15, 0.2) is 0 Å². The molecule has 1 atom stereocenters. The normalized spacial score (nSPS) is 13.9. The molecule has 0 fully saturated rings. The Bertz CT molecular complexity index is 1330. The number of benzene rings is 2. The Hall–Kier alpha value is -2.59. The summed E-state index contributed by atoms with van der Waals surface area (Å²) in [6, 6.07) is 15.9. The van der Waals surface area contributed by atoms with Crippen LogP contribution in [0.15, 0.2) is 57.7 Å². The first-order chi connectivity index (χ1) is 18.9. The Balaban J connectivity index is 1.75. The average molecular weight is 563 g/mol. The topological polar surface area (TPSA) is 48.7 Å². The van der Waals surface area contributed by atoms with E-state index < -0.39 is 11.2 Å². The molecule has 41 heavy (non-hydrogen) atoms. The number of hydrogen-bond acceptors (Lipinski definition) is 4. The van der Waals surface area contributed by atoms with Gasteiger partial charge in [-0.15, -0.1) is 0 Å². The van der Waals surface area contributed by atoms with E-state index in [1.54, 1.807) is 0 Å². The highest BCUT2D eigenvalue weighted by Crippen LogP contribution is 2.38. The van der Waals surface area contributed by atoms with E-state index in [1.807, 2.05) is 36.4 Å². The number of aryl methyl sites for hydroxylation is 1. The van der Waals surface area contributed by atoms with Gasteiger partial charge in [0.2, 0.25) is 0 Å². The minimum Gasteiger partial charge on any atom is -0.488 e. The zero-order valence-electron chi connectivity index (χ0n) is 27.6. The van der Waals surface area contributed by atoms with Crippen molar-refractivity contribution in [1.82, 2.24) is 0 Å². The van der Waals surface area contributed by atoms with Crippen LogP contribution in [-0.4, -0.2) is 17.3 Å². The van der Waals surface area contributed by atoms with Crippen LogP contribution >= 0.6 is 0 Å². The maximum atomic E-state index is 13.0. The van der Waals surface area contributed by atoms with Crippen LogP contribution in [0.3, 0.4) is 0 Å². The van der Waals surface area contributed by atoms with Crippen LogP contribution in [0.2, 0.25) is 0 Å². The van der Waals surface area contributed by atoms with Gasteiger partial charge in [-0.05, 0) is 87.1 Å². The molecular weight excluding hydrogens is 508 g/mol. The number of unbranched alkanes of at least 4 members (excludes halogenated alkanes) is 2. The van der Waals surface area contributed by atoms with Crippen molar-refractivity contribution in [2.24, 2.45) is 10.8 Å². The van der Waals surface area contributed by atoms with Crippen molar-refractivity contribution in [3.05, 3.63) is 64.5 Å². The molecule has 0 aliphatic rings. The molecule has 0 spiro atoms. The molecule has 3 rings (SSSR count). The first-order valence-electron chi connectivity index (χ1n) is 15.4.